The number of hydrogen-bond acceptors (Lipinski definition) is 2. The van der Waals surface area contributed by atoms with Crippen LogP contribution in [0.4, 0.5) is 0 Å². The number of hydrogen-bond donors (Lipinski definition) is 1. The van der Waals surface area contributed by atoms with Crippen LogP contribution in [0, 0.1) is 5.92 Å². The quantitative estimate of drug-likeness (QED) is 0.451. The van der Waals surface area contributed by atoms with Crippen LogP contribution in [0.25, 0.3) is 10.9 Å². The zero-order chi connectivity index (χ0) is 22.0. The highest BCUT2D eigenvalue weighted by Crippen LogP contribution is 2.35. The molecule has 1 aromatic heterocycles. The second-order valence-corrected chi connectivity index (χ2v) is 8.95. The molecule has 31 heavy (non-hydrogen) atoms. The van der Waals surface area contributed by atoms with Gasteiger partial charge in [-0.1, -0.05) is 68.5 Å². The summed E-state index contributed by atoms with van der Waals surface area (Å²) < 4.78 is 2.17. The lowest BCUT2D eigenvalue weighted by molar-refractivity contribution is 0.0889. The van der Waals surface area contributed by atoms with Crippen LogP contribution in [0.2, 0.25) is 5.02 Å². The Kier molecular flexibility index (Phi) is 6.47. The highest BCUT2D eigenvalue weighted by atomic mass is 35.5. The third-order valence-corrected chi connectivity index (χ3v) is 6.82. The minimum atomic E-state index is -0.468. The number of carbonyl (C=O) groups excluding carboxylic acids is 2. The van der Waals surface area contributed by atoms with Crippen LogP contribution >= 0.6 is 11.6 Å². The Hall–Kier alpha value is -2.59. The van der Waals surface area contributed by atoms with E-state index >= 15 is 0 Å². The summed E-state index contributed by atoms with van der Waals surface area (Å²) in [6.07, 6.45) is 7.07. The Bertz CT molecular complexity index is 1130. The van der Waals surface area contributed by atoms with Gasteiger partial charge in [-0.3, -0.25) is 9.59 Å². The lowest BCUT2D eigenvalue weighted by Crippen LogP contribution is -2.19. The largest absolute Gasteiger partial charge is 0.366 e. The molecule has 1 fully saturated rings. The molecule has 1 aliphatic carbocycles. The van der Waals surface area contributed by atoms with Crippen LogP contribution < -0.4 is 5.73 Å². The second-order valence-electron chi connectivity index (χ2n) is 8.54. The first-order valence-corrected chi connectivity index (χ1v) is 11.6. The Morgan fingerprint density at radius 2 is 1.84 bits per heavy atom. The number of benzene rings is 2. The van der Waals surface area contributed by atoms with E-state index in [9.17, 15) is 9.59 Å². The number of ketones is 1. The molecule has 1 saturated carbocycles. The predicted octanol–water partition coefficient (Wildman–Crippen LogP) is 6.16. The van der Waals surface area contributed by atoms with Crippen molar-refractivity contribution in [2.75, 3.05) is 0 Å². The van der Waals surface area contributed by atoms with Gasteiger partial charge in [0.25, 0.3) is 0 Å². The molecular formula is C26H29ClN2O2. The molecule has 0 radical (unpaired) electrons. The summed E-state index contributed by atoms with van der Waals surface area (Å²) in [6.45, 7) is 2.67. The molecule has 4 rings (SSSR count). The van der Waals surface area contributed by atoms with Crippen molar-refractivity contribution in [2.24, 2.45) is 11.7 Å². The first kappa shape index (κ1) is 21.6. The normalized spacial score (nSPS) is 14.8. The molecule has 2 aromatic carbocycles. The molecular weight excluding hydrogens is 408 g/mol. The van der Waals surface area contributed by atoms with Gasteiger partial charge in [0.1, 0.15) is 0 Å². The number of carbonyl (C=O) groups is 2. The lowest BCUT2D eigenvalue weighted by atomic mass is 9.83. The Morgan fingerprint density at radius 1 is 1.10 bits per heavy atom. The molecule has 1 aliphatic rings. The number of primary amides is 1. The number of fused-ring (bicyclic) bond motifs is 1. The highest BCUT2D eigenvalue weighted by Gasteiger charge is 2.29. The molecule has 162 valence electrons. The monoisotopic (exact) mass is 436 g/mol. The fraction of sp³-hybridized carbons (Fsp3) is 0.385. The van der Waals surface area contributed by atoms with E-state index in [0.29, 0.717) is 17.1 Å². The van der Waals surface area contributed by atoms with Gasteiger partial charge in [0, 0.05) is 39.7 Å². The molecule has 0 unspecified atom stereocenters. The first-order chi connectivity index (χ1) is 15.0. The summed E-state index contributed by atoms with van der Waals surface area (Å²) in [5, 5.41) is 1.61. The van der Waals surface area contributed by atoms with E-state index in [1.165, 1.54) is 6.42 Å². The summed E-state index contributed by atoms with van der Waals surface area (Å²) in [5.74, 6) is -0.137. The van der Waals surface area contributed by atoms with Crippen LogP contribution in [0.1, 0.15) is 77.4 Å². The number of halogens is 1. The minimum absolute atomic E-state index is 0.0829. The zero-order valence-electron chi connectivity index (χ0n) is 18.0. The van der Waals surface area contributed by atoms with Crippen molar-refractivity contribution in [3.63, 3.8) is 0 Å². The summed E-state index contributed by atoms with van der Waals surface area (Å²) in [6, 6.07) is 13.2. The third-order valence-electron chi connectivity index (χ3n) is 6.45. The van der Waals surface area contributed by atoms with Crippen molar-refractivity contribution < 1.29 is 9.59 Å². The van der Waals surface area contributed by atoms with E-state index in [-0.39, 0.29) is 11.7 Å². The van der Waals surface area contributed by atoms with E-state index in [4.69, 9.17) is 17.3 Å². The van der Waals surface area contributed by atoms with Crippen LogP contribution in [0.15, 0.2) is 42.5 Å². The summed E-state index contributed by atoms with van der Waals surface area (Å²) in [7, 11) is 0. The van der Waals surface area contributed by atoms with Gasteiger partial charge in [-0.25, -0.2) is 0 Å². The second kappa shape index (κ2) is 9.27. The van der Waals surface area contributed by atoms with Crippen molar-refractivity contribution in [1.29, 1.82) is 0 Å². The molecule has 2 N–H and O–H groups in total. The molecule has 1 amide bonds. The number of nitrogens with zero attached hydrogens (tertiary/aromatic N) is 1. The Labute approximate surface area is 188 Å². The molecule has 0 atom stereocenters. The van der Waals surface area contributed by atoms with Crippen LogP contribution in [0.5, 0.6) is 0 Å². The molecule has 4 nitrogen and oxygen atoms in total. The number of Topliss-reactive ketones (excluding diaryl/α,β-unsaturated/α-hetero) is 1. The smallest absolute Gasteiger partial charge is 0.248 e. The maximum absolute atomic E-state index is 13.7. The van der Waals surface area contributed by atoms with Crippen molar-refractivity contribution in [2.45, 2.75) is 58.4 Å². The Morgan fingerprint density at radius 3 is 2.52 bits per heavy atom. The SMILES string of the molecule is CCCc1c(C(=O)C2CCCCC2)c2ccc(C(N)=O)cc2n1Cc1ccccc1Cl. The van der Waals surface area contributed by atoms with Crippen molar-refractivity contribution in [3.8, 4) is 0 Å². The predicted molar refractivity (Wildman–Crippen MR) is 126 cm³/mol. The number of nitrogens with two attached hydrogens (primary N) is 1. The van der Waals surface area contributed by atoms with Gasteiger partial charge in [-0.15, -0.1) is 0 Å². The third kappa shape index (κ3) is 4.27. The maximum atomic E-state index is 13.7. The van der Waals surface area contributed by atoms with E-state index in [1.54, 1.807) is 6.07 Å². The van der Waals surface area contributed by atoms with Gasteiger partial charge in [0.2, 0.25) is 5.91 Å². The van der Waals surface area contributed by atoms with Gasteiger partial charge >= 0.3 is 0 Å². The number of rotatable bonds is 7. The van der Waals surface area contributed by atoms with E-state index < -0.39 is 5.91 Å². The lowest BCUT2D eigenvalue weighted by Gasteiger charge is -2.21. The minimum Gasteiger partial charge on any atom is -0.366 e. The van der Waals surface area contributed by atoms with Gasteiger partial charge in [0.05, 0.1) is 5.52 Å². The van der Waals surface area contributed by atoms with Crippen LogP contribution in [-0.4, -0.2) is 16.3 Å². The standard InChI is InChI=1S/C26H29ClN2O2/c1-2-8-22-24(25(30)17-9-4-3-5-10-17)20-14-13-18(26(28)31)15-23(20)29(22)16-19-11-6-7-12-21(19)27/h6-7,11-15,17H,2-5,8-10,16H2,1H3,(H2,28,31). The number of amides is 1. The molecule has 1 heterocycles. The molecule has 0 bridgehead atoms. The van der Waals surface area contributed by atoms with Gasteiger partial charge in [0.15, 0.2) is 5.78 Å². The van der Waals surface area contributed by atoms with Gasteiger partial charge in [-0.2, -0.15) is 0 Å². The fourth-order valence-corrected chi connectivity index (χ4v) is 5.07. The zero-order valence-corrected chi connectivity index (χ0v) is 18.8. The fourth-order valence-electron chi connectivity index (χ4n) is 4.87. The average molecular weight is 437 g/mol. The van der Waals surface area contributed by atoms with E-state index in [2.05, 4.69) is 11.5 Å². The Balaban J connectivity index is 1.93. The molecule has 0 saturated heterocycles. The number of aromatic nitrogens is 1. The molecule has 5 heteroatoms. The van der Waals surface area contributed by atoms with Gasteiger partial charge < -0.3 is 10.3 Å². The summed E-state index contributed by atoms with van der Waals surface area (Å²) in [5.41, 5.74) is 9.75. The molecule has 0 spiro atoms. The van der Waals surface area contributed by atoms with E-state index in [1.807, 2.05) is 36.4 Å². The maximum Gasteiger partial charge on any atom is 0.248 e. The van der Waals surface area contributed by atoms with Gasteiger partial charge in [-0.05, 0) is 43.0 Å². The highest BCUT2D eigenvalue weighted by molar-refractivity contribution is 6.31. The molecule has 0 aliphatic heterocycles. The van der Waals surface area contributed by atoms with Crippen molar-refractivity contribution >= 4 is 34.2 Å². The topological polar surface area (TPSA) is 65.1 Å². The van der Waals surface area contributed by atoms with E-state index in [0.717, 1.165) is 66.2 Å². The van der Waals surface area contributed by atoms with Crippen molar-refractivity contribution in [1.82, 2.24) is 4.57 Å². The summed E-state index contributed by atoms with van der Waals surface area (Å²) in [4.78, 5) is 25.6. The van der Waals surface area contributed by atoms with Crippen LogP contribution in [-0.2, 0) is 13.0 Å². The first-order valence-electron chi connectivity index (χ1n) is 11.2. The van der Waals surface area contributed by atoms with Crippen molar-refractivity contribution in [3.05, 3.63) is 69.9 Å². The summed E-state index contributed by atoms with van der Waals surface area (Å²) >= 11 is 6.47. The van der Waals surface area contributed by atoms with Crippen LogP contribution in [0.3, 0.4) is 0 Å². The molecule has 3 aromatic rings. The average Bonchev–Trinajstić information content (AvgIpc) is 3.08.